The molecule has 0 saturated carbocycles. The Morgan fingerprint density at radius 1 is 0.694 bits per heavy atom. The van der Waals surface area contributed by atoms with Crippen LogP contribution in [0.2, 0.25) is 0 Å². The highest BCUT2D eigenvalue weighted by Crippen LogP contribution is 2.39. The van der Waals surface area contributed by atoms with Crippen molar-refractivity contribution >= 4 is 53.5 Å². The summed E-state index contributed by atoms with van der Waals surface area (Å²) in [7, 11) is 0. The van der Waals surface area contributed by atoms with Gasteiger partial charge >= 0.3 is 30.0 Å². The third kappa shape index (κ3) is 19.6. The number of epoxide rings is 1. The molecular formula is C53H62ClN5O13. The molecule has 8 rings (SSSR count). The Balaban J connectivity index is 0.000000219. The van der Waals surface area contributed by atoms with E-state index in [1.54, 1.807) is 101 Å². The maximum absolute atomic E-state index is 12.8. The standard InChI is InChI=1S/C23H26N2O4.C10H11NO3.C10H13NO3.C6H5NO.C4H7ClO2/c1-2-28-22(26)20(14-17-9-3-4-12-24-17)29-23(27)25-21-18-10-5-7-15(18)13-16-8-6-11-19(16)21;1-2-13-10(12)9-8(14-9)7-5-3-4-6-11-7;1-2-14-10(13)9(12)7-8-5-3-4-6-11-8;8-5-6-3-1-2-4-7-6;1-2-7-4(6)3-5/h3-4,9,12-13,20H,2,5-8,10-11,14H2,1H3,(H,25,27);3-6,8-9H,2H2,1H3;3-6,9,12H,2,7H2,1H3;1-5H;2-3H2,1H3. The summed E-state index contributed by atoms with van der Waals surface area (Å²) in [5, 5.41) is 12.4. The number of hydrogen-bond acceptors (Lipinski definition) is 17. The highest BCUT2D eigenvalue weighted by Gasteiger charge is 2.48. The smallest absolute Gasteiger partial charge is 0.412 e. The molecule has 0 bridgehead atoms. The lowest BCUT2D eigenvalue weighted by Gasteiger charge is -2.19. The Kier molecular flexibility index (Phi) is 25.5. The first-order valence-electron chi connectivity index (χ1n) is 23.7. The molecule has 0 spiro atoms. The van der Waals surface area contributed by atoms with Crippen molar-refractivity contribution in [2.75, 3.05) is 37.6 Å². The molecule has 1 aromatic carbocycles. The quantitative estimate of drug-likeness (QED) is 0.0329. The second-order valence-electron chi connectivity index (χ2n) is 15.6. The van der Waals surface area contributed by atoms with Crippen LogP contribution in [0.5, 0.6) is 0 Å². The zero-order chi connectivity index (χ0) is 52.1. The van der Waals surface area contributed by atoms with Crippen molar-refractivity contribution in [3.05, 3.63) is 149 Å². The molecule has 4 atom stereocenters. The lowest BCUT2D eigenvalue weighted by molar-refractivity contribution is -0.153. The van der Waals surface area contributed by atoms with Crippen LogP contribution in [0.4, 0.5) is 10.5 Å². The first-order valence-corrected chi connectivity index (χ1v) is 24.3. The Bertz CT molecular complexity index is 2410. The number of aldehydes is 1. The van der Waals surface area contributed by atoms with Crippen LogP contribution in [-0.4, -0.2) is 112 Å². The first kappa shape index (κ1) is 57.4. The minimum Gasteiger partial charge on any atom is -0.465 e. The lowest BCUT2D eigenvalue weighted by atomic mass is 9.99. The maximum Gasteiger partial charge on any atom is 0.412 e. The van der Waals surface area contributed by atoms with Gasteiger partial charge in [0.05, 0.1) is 37.8 Å². The molecule has 384 valence electrons. The molecule has 3 aliphatic rings. The van der Waals surface area contributed by atoms with Crippen LogP contribution in [0.1, 0.15) is 96.5 Å². The Hall–Kier alpha value is -7.15. The van der Waals surface area contributed by atoms with Crippen molar-refractivity contribution in [2.24, 2.45) is 0 Å². The normalized spacial score (nSPS) is 15.0. The van der Waals surface area contributed by atoms with Gasteiger partial charge in [0.2, 0.25) is 6.10 Å². The van der Waals surface area contributed by atoms with Crippen LogP contribution >= 0.6 is 11.6 Å². The third-order valence-electron chi connectivity index (χ3n) is 10.5. The number of nitrogens with one attached hydrogen (secondary N) is 1. The molecular weight excluding hydrogens is 950 g/mol. The number of alkyl halides is 1. The fourth-order valence-corrected chi connectivity index (χ4v) is 7.39. The van der Waals surface area contributed by atoms with Gasteiger partial charge in [-0.15, -0.1) is 11.6 Å². The molecule has 1 saturated heterocycles. The number of carbonyl (C=O) groups is 6. The monoisotopic (exact) mass is 1010 g/mol. The summed E-state index contributed by atoms with van der Waals surface area (Å²) in [6.45, 7) is 8.23. The topological polar surface area (TPSA) is 245 Å². The van der Waals surface area contributed by atoms with E-state index in [9.17, 15) is 33.9 Å². The van der Waals surface area contributed by atoms with Gasteiger partial charge in [0.15, 0.2) is 18.5 Å². The number of pyridine rings is 4. The van der Waals surface area contributed by atoms with E-state index >= 15 is 0 Å². The van der Waals surface area contributed by atoms with Crippen LogP contribution in [-0.2, 0) is 86.1 Å². The maximum atomic E-state index is 12.8. The van der Waals surface area contributed by atoms with Crippen molar-refractivity contribution in [3.8, 4) is 0 Å². The number of aliphatic hydroxyl groups is 1. The summed E-state index contributed by atoms with van der Waals surface area (Å²) in [4.78, 5) is 83.4. The number of halogens is 1. The molecule has 5 heterocycles. The summed E-state index contributed by atoms with van der Waals surface area (Å²) >= 11 is 5.06. The van der Waals surface area contributed by atoms with Crippen molar-refractivity contribution in [2.45, 2.75) is 103 Å². The van der Waals surface area contributed by atoms with Gasteiger partial charge in [-0.2, -0.15) is 0 Å². The van der Waals surface area contributed by atoms with Gasteiger partial charge in [0.1, 0.15) is 17.7 Å². The lowest BCUT2D eigenvalue weighted by Crippen LogP contribution is -2.33. The van der Waals surface area contributed by atoms with Gasteiger partial charge in [0, 0.05) is 49.0 Å². The molecule has 72 heavy (non-hydrogen) atoms. The third-order valence-corrected chi connectivity index (χ3v) is 10.7. The van der Waals surface area contributed by atoms with Crippen LogP contribution in [0.15, 0.2) is 104 Å². The predicted octanol–water partition coefficient (Wildman–Crippen LogP) is 7.10. The van der Waals surface area contributed by atoms with Crippen molar-refractivity contribution in [3.63, 3.8) is 0 Å². The van der Waals surface area contributed by atoms with E-state index in [0.29, 0.717) is 30.3 Å². The molecule has 18 nitrogen and oxygen atoms in total. The molecule has 19 heteroatoms. The van der Waals surface area contributed by atoms with E-state index < -0.39 is 36.3 Å². The average Bonchev–Trinajstić information content (AvgIpc) is 3.83. The number of aliphatic hydroxyl groups excluding tert-OH is 1. The number of aryl methyl sites for hydroxylation is 2. The van der Waals surface area contributed by atoms with Gasteiger partial charge in [-0.25, -0.2) is 19.2 Å². The zero-order valence-electron chi connectivity index (χ0n) is 40.9. The van der Waals surface area contributed by atoms with Crippen LogP contribution in [0.25, 0.3) is 0 Å². The van der Waals surface area contributed by atoms with E-state index in [1.165, 1.54) is 22.3 Å². The molecule has 0 radical (unpaired) electrons. The fourth-order valence-electron chi connectivity index (χ4n) is 7.31. The second kappa shape index (κ2) is 31.9. The Morgan fingerprint density at radius 2 is 1.24 bits per heavy atom. The van der Waals surface area contributed by atoms with Gasteiger partial charge in [0.25, 0.3) is 0 Å². The largest absolute Gasteiger partial charge is 0.465 e. The van der Waals surface area contributed by atoms with E-state index in [0.717, 1.165) is 56.2 Å². The number of esters is 4. The fraction of sp³-hybridized carbons (Fsp3) is 0.396. The van der Waals surface area contributed by atoms with Crippen LogP contribution in [0.3, 0.4) is 0 Å². The molecule has 1 amide bonds. The van der Waals surface area contributed by atoms with Crippen molar-refractivity contribution in [1.29, 1.82) is 0 Å². The van der Waals surface area contributed by atoms with Gasteiger partial charge in [-0.1, -0.05) is 30.3 Å². The number of aromatic nitrogens is 4. The molecule has 4 unspecified atom stereocenters. The molecule has 2 aliphatic carbocycles. The number of carbonyl (C=O) groups excluding carboxylic acids is 6. The van der Waals surface area contributed by atoms with E-state index in [4.69, 9.17) is 30.5 Å². The molecule has 1 aliphatic heterocycles. The first-order chi connectivity index (χ1) is 35.0. The van der Waals surface area contributed by atoms with Crippen LogP contribution in [0, 0.1) is 0 Å². The minimum atomic E-state index is -1.12. The number of rotatable bonds is 16. The number of ether oxygens (including phenoxy) is 6. The van der Waals surface area contributed by atoms with E-state index in [2.05, 4.69) is 40.8 Å². The van der Waals surface area contributed by atoms with Crippen molar-refractivity contribution in [1.82, 2.24) is 19.9 Å². The summed E-state index contributed by atoms with van der Waals surface area (Å²) in [5.74, 6) is -1.87. The molecule has 4 aromatic heterocycles. The summed E-state index contributed by atoms with van der Waals surface area (Å²) in [5.41, 5.74) is 8.61. The van der Waals surface area contributed by atoms with E-state index in [-0.39, 0.29) is 50.0 Å². The number of anilines is 1. The molecule has 5 aromatic rings. The highest BCUT2D eigenvalue weighted by atomic mass is 35.5. The number of fused-ring (bicyclic) bond motifs is 2. The van der Waals surface area contributed by atoms with Gasteiger partial charge < -0.3 is 33.5 Å². The molecule has 2 N–H and O–H groups in total. The minimum absolute atomic E-state index is 0.0478. The summed E-state index contributed by atoms with van der Waals surface area (Å²) in [6.07, 6.45) is 10.4. The summed E-state index contributed by atoms with van der Waals surface area (Å²) < 4.78 is 29.7. The zero-order valence-corrected chi connectivity index (χ0v) is 41.7. The highest BCUT2D eigenvalue weighted by molar-refractivity contribution is 6.26. The molecule has 1 fully saturated rings. The SMILES string of the molecule is CCOC(=O)C(Cc1ccccn1)OC(=O)Nc1c2c(cc3c1CCC3)CCC2.CCOC(=O)C(O)Cc1ccccn1.CCOC(=O)C1OC1c1ccccn1.CCOC(=O)CCl.O=Cc1ccccn1. The van der Waals surface area contributed by atoms with E-state index in [1.807, 2.05) is 24.3 Å². The Labute approximate surface area is 424 Å². The number of nitrogens with zero attached hydrogens (tertiary/aromatic N) is 4. The van der Waals surface area contributed by atoms with Gasteiger partial charge in [-0.3, -0.25) is 34.8 Å². The average molecular weight is 1010 g/mol. The van der Waals surface area contributed by atoms with Crippen molar-refractivity contribution < 1.29 is 62.3 Å². The number of hydrogen-bond donors (Lipinski definition) is 2. The van der Waals surface area contributed by atoms with Crippen LogP contribution < -0.4 is 5.32 Å². The summed E-state index contributed by atoms with van der Waals surface area (Å²) in [6, 6.07) is 23.8. The second-order valence-corrected chi connectivity index (χ2v) is 15.9. The van der Waals surface area contributed by atoms with Gasteiger partial charge in [-0.05, 0) is 137 Å². The Morgan fingerprint density at radius 3 is 1.71 bits per heavy atom. The number of benzene rings is 1. The number of amides is 1. The predicted molar refractivity (Wildman–Crippen MR) is 265 cm³/mol.